The van der Waals surface area contributed by atoms with E-state index in [0.29, 0.717) is 5.92 Å². The smallest absolute Gasteiger partial charge is 0.0205 e. The normalized spacial score (nSPS) is 16.6. The third-order valence-corrected chi connectivity index (χ3v) is 4.35. The summed E-state index contributed by atoms with van der Waals surface area (Å²) < 4.78 is 0. The zero-order valence-electron chi connectivity index (χ0n) is 13.1. The van der Waals surface area contributed by atoms with Crippen molar-refractivity contribution in [2.45, 2.75) is 39.2 Å². The van der Waals surface area contributed by atoms with Crippen LogP contribution in [0.1, 0.15) is 42.0 Å². The van der Waals surface area contributed by atoms with E-state index in [2.05, 4.69) is 67.7 Å². The molecule has 0 fully saturated rings. The molecule has 21 heavy (non-hydrogen) atoms. The fourth-order valence-electron chi connectivity index (χ4n) is 3.20. The van der Waals surface area contributed by atoms with E-state index < -0.39 is 0 Å². The highest BCUT2D eigenvalue weighted by Crippen LogP contribution is 2.33. The summed E-state index contributed by atoms with van der Waals surface area (Å²) in [7, 11) is 0. The van der Waals surface area contributed by atoms with Crippen molar-refractivity contribution in [2.24, 2.45) is 5.92 Å². The van der Waals surface area contributed by atoms with Gasteiger partial charge in [-0.2, -0.15) is 0 Å². The van der Waals surface area contributed by atoms with Gasteiger partial charge in [0, 0.05) is 19.0 Å². The van der Waals surface area contributed by atoms with E-state index in [4.69, 9.17) is 0 Å². The summed E-state index contributed by atoms with van der Waals surface area (Å²) in [4.78, 5) is 0. The van der Waals surface area contributed by atoms with Crippen LogP contribution in [0.25, 0.3) is 0 Å². The summed E-state index contributed by atoms with van der Waals surface area (Å²) in [6.07, 6.45) is 2.41. The first kappa shape index (κ1) is 14.3. The largest absolute Gasteiger partial charge is 0.312 e. The van der Waals surface area contributed by atoms with Crippen LogP contribution < -0.4 is 5.32 Å². The van der Waals surface area contributed by atoms with Crippen molar-refractivity contribution in [1.82, 2.24) is 5.32 Å². The number of benzene rings is 2. The number of fused-ring (bicyclic) bond motifs is 1. The van der Waals surface area contributed by atoms with Crippen LogP contribution in [0, 0.1) is 5.92 Å². The van der Waals surface area contributed by atoms with Crippen molar-refractivity contribution in [3.63, 3.8) is 0 Å². The van der Waals surface area contributed by atoms with Crippen LogP contribution in [0.3, 0.4) is 0 Å². The van der Waals surface area contributed by atoms with Gasteiger partial charge in [-0.3, -0.25) is 0 Å². The van der Waals surface area contributed by atoms with Gasteiger partial charge in [0.2, 0.25) is 0 Å². The van der Waals surface area contributed by atoms with E-state index in [9.17, 15) is 0 Å². The zero-order chi connectivity index (χ0) is 14.7. The molecule has 0 amide bonds. The molecule has 2 aromatic carbocycles. The van der Waals surface area contributed by atoms with Gasteiger partial charge in [0.05, 0.1) is 0 Å². The average molecular weight is 279 g/mol. The molecule has 1 aliphatic carbocycles. The van der Waals surface area contributed by atoms with E-state index in [-0.39, 0.29) is 0 Å². The summed E-state index contributed by atoms with van der Waals surface area (Å²) >= 11 is 0. The van der Waals surface area contributed by atoms with Gasteiger partial charge in [-0.15, -0.1) is 0 Å². The van der Waals surface area contributed by atoms with Crippen molar-refractivity contribution in [1.29, 1.82) is 0 Å². The molecule has 0 aromatic heterocycles. The SMILES string of the molecule is CC(C)Cc1ccc(CNCC2Cc3ccccc32)cc1. The van der Waals surface area contributed by atoms with Crippen LogP contribution in [0.15, 0.2) is 48.5 Å². The minimum atomic E-state index is 0.710. The van der Waals surface area contributed by atoms with Crippen LogP contribution in [-0.4, -0.2) is 6.54 Å². The van der Waals surface area contributed by atoms with Gasteiger partial charge in [0.1, 0.15) is 0 Å². The Morgan fingerprint density at radius 2 is 1.71 bits per heavy atom. The van der Waals surface area contributed by atoms with Gasteiger partial charge in [-0.05, 0) is 41.0 Å². The summed E-state index contributed by atoms with van der Waals surface area (Å²) in [6.45, 7) is 6.60. The Labute approximate surface area is 128 Å². The Morgan fingerprint density at radius 3 is 2.43 bits per heavy atom. The molecule has 0 aliphatic heterocycles. The van der Waals surface area contributed by atoms with Crippen molar-refractivity contribution >= 4 is 0 Å². The third kappa shape index (κ3) is 3.54. The summed E-state index contributed by atoms with van der Waals surface area (Å²) in [5, 5.41) is 3.60. The molecule has 0 radical (unpaired) electrons. The Hall–Kier alpha value is -1.60. The van der Waals surface area contributed by atoms with Gasteiger partial charge in [-0.25, -0.2) is 0 Å². The van der Waals surface area contributed by atoms with Gasteiger partial charge in [-0.1, -0.05) is 62.4 Å². The third-order valence-electron chi connectivity index (χ3n) is 4.35. The molecule has 0 saturated heterocycles. The lowest BCUT2D eigenvalue weighted by molar-refractivity contribution is 0.535. The average Bonchev–Trinajstić information content (AvgIpc) is 2.45. The molecule has 1 unspecified atom stereocenters. The van der Waals surface area contributed by atoms with Gasteiger partial charge in [0.15, 0.2) is 0 Å². The number of rotatable bonds is 6. The van der Waals surface area contributed by atoms with E-state index in [1.807, 2.05) is 0 Å². The summed E-state index contributed by atoms with van der Waals surface area (Å²) in [5.74, 6) is 1.44. The van der Waals surface area contributed by atoms with Crippen molar-refractivity contribution in [3.8, 4) is 0 Å². The molecular formula is C20H25N. The topological polar surface area (TPSA) is 12.0 Å². The lowest BCUT2D eigenvalue weighted by Crippen LogP contribution is -2.28. The fraction of sp³-hybridized carbons (Fsp3) is 0.400. The van der Waals surface area contributed by atoms with Gasteiger partial charge >= 0.3 is 0 Å². The molecule has 0 saturated carbocycles. The lowest BCUT2D eigenvalue weighted by Gasteiger charge is -2.30. The van der Waals surface area contributed by atoms with Crippen molar-refractivity contribution in [2.75, 3.05) is 6.54 Å². The zero-order valence-corrected chi connectivity index (χ0v) is 13.1. The van der Waals surface area contributed by atoms with Crippen LogP contribution in [0.2, 0.25) is 0 Å². The van der Waals surface area contributed by atoms with Crippen LogP contribution in [0.4, 0.5) is 0 Å². The molecule has 2 aromatic rings. The number of hydrogen-bond acceptors (Lipinski definition) is 1. The minimum Gasteiger partial charge on any atom is -0.312 e. The highest BCUT2D eigenvalue weighted by molar-refractivity contribution is 5.40. The molecule has 1 nitrogen and oxygen atoms in total. The highest BCUT2D eigenvalue weighted by Gasteiger charge is 2.24. The van der Waals surface area contributed by atoms with Gasteiger partial charge < -0.3 is 5.32 Å². The molecule has 110 valence electrons. The maximum atomic E-state index is 3.60. The second-order valence-electron chi connectivity index (χ2n) is 6.65. The monoisotopic (exact) mass is 279 g/mol. The van der Waals surface area contributed by atoms with Crippen molar-refractivity contribution in [3.05, 3.63) is 70.8 Å². The first-order valence-electron chi connectivity index (χ1n) is 8.08. The molecule has 1 heteroatoms. The Balaban J connectivity index is 1.46. The minimum absolute atomic E-state index is 0.710. The van der Waals surface area contributed by atoms with E-state index in [1.165, 1.54) is 35.1 Å². The summed E-state index contributed by atoms with van der Waals surface area (Å²) in [6, 6.07) is 17.9. The molecular weight excluding hydrogens is 254 g/mol. The van der Waals surface area contributed by atoms with Crippen LogP contribution >= 0.6 is 0 Å². The lowest BCUT2D eigenvalue weighted by atomic mass is 9.77. The highest BCUT2D eigenvalue weighted by atomic mass is 14.9. The second-order valence-corrected chi connectivity index (χ2v) is 6.65. The fourth-order valence-corrected chi connectivity index (χ4v) is 3.20. The standard InChI is InChI=1S/C20H25N/c1-15(2)11-16-7-9-17(10-8-16)13-21-14-19-12-18-5-3-4-6-20(18)19/h3-10,15,19,21H,11-14H2,1-2H3. The summed E-state index contributed by atoms with van der Waals surface area (Å²) in [5.41, 5.74) is 5.90. The predicted octanol–water partition coefficient (Wildman–Crippen LogP) is 4.31. The second kappa shape index (κ2) is 6.44. The van der Waals surface area contributed by atoms with Gasteiger partial charge in [0.25, 0.3) is 0 Å². The number of nitrogens with one attached hydrogen (secondary N) is 1. The molecule has 0 spiro atoms. The molecule has 1 aliphatic rings. The van der Waals surface area contributed by atoms with Crippen LogP contribution in [-0.2, 0) is 19.4 Å². The van der Waals surface area contributed by atoms with Crippen molar-refractivity contribution < 1.29 is 0 Å². The maximum Gasteiger partial charge on any atom is 0.0205 e. The first-order chi connectivity index (χ1) is 10.2. The van der Waals surface area contributed by atoms with Crippen LogP contribution in [0.5, 0.6) is 0 Å². The molecule has 0 heterocycles. The van der Waals surface area contributed by atoms with E-state index >= 15 is 0 Å². The Bertz CT molecular complexity index is 583. The molecule has 3 rings (SSSR count). The molecule has 1 atom stereocenters. The van der Waals surface area contributed by atoms with E-state index in [1.54, 1.807) is 0 Å². The predicted molar refractivity (Wildman–Crippen MR) is 89.6 cm³/mol. The quantitative estimate of drug-likeness (QED) is 0.830. The Morgan fingerprint density at radius 1 is 1.00 bits per heavy atom. The first-order valence-corrected chi connectivity index (χ1v) is 8.08. The van der Waals surface area contributed by atoms with E-state index in [0.717, 1.165) is 19.0 Å². The number of hydrogen-bond donors (Lipinski definition) is 1. The molecule has 1 N–H and O–H groups in total. The molecule has 0 bridgehead atoms. The Kier molecular flexibility index (Phi) is 4.40. The maximum absolute atomic E-state index is 3.60.